The van der Waals surface area contributed by atoms with E-state index in [9.17, 15) is 4.79 Å². The number of hydrogen-bond acceptors (Lipinski definition) is 4. The SMILES string of the molecule is CC[C@@]1(c2cccc(Br)c2)C2=CN=NC2NC2=C1C(=O)C[C@@H](C)C2. The smallest absolute Gasteiger partial charge is 0.164 e. The molecule has 0 radical (unpaired) electrons. The van der Waals surface area contributed by atoms with Crippen molar-refractivity contribution >= 4 is 21.7 Å². The van der Waals surface area contributed by atoms with E-state index in [1.165, 1.54) is 0 Å². The molecule has 0 amide bonds. The van der Waals surface area contributed by atoms with Crippen LogP contribution in [0, 0.1) is 5.92 Å². The molecule has 2 heterocycles. The van der Waals surface area contributed by atoms with Gasteiger partial charge in [0.05, 0.1) is 11.6 Å². The fourth-order valence-electron chi connectivity index (χ4n) is 4.44. The van der Waals surface area contributed by atoms with E-state index >= 15 is 0 Å². The number of ketones is 1. The van der Waals surface area contributed by atoms with Crippen LogP contribution in [0.25, 0.3) is 0 Å². The van der Waals surface area contributed by atoms with Crippen LogP contribution in [-0.2, 0) is 10.2 Å². The highest BCUT2D eigenvalue weighted by Crippen LogP contribution is 2.52. The van der Waals surface area contributed by atoms with Crippen LogP contribution in [0.1, 0.15) is 38.7 Å². The number of hydrogen-bond donors (Lipinski definition) is 1. The van der Waals surface area contributed by atoms with Crippen molar-refractivity contribution in [2.75, 3.05) is 0 Å². The lowest BCUT2D eigenvalue weighted by Crippen LogP contribution is -2.50. The van der Waals surface area contributed by atoms with E-state index in [2.05, 4.69) is 57.5 Å². The molecule has 4 rings (SSSR count). The normalized spacial score (nSPS) is 31.5. The van der Waals surface area contributed by atoms with Crippen LogP contribution in [0.5, 0.6) is 0 Å². The topological polar surface area (TPSA) is 53.8 Å². The minimum absolute atomic E-state index is 0.152. The Labute approximate surface area is 150 Å². The molecule has 2 aliphatic heterocycles. The maximum Gasteiger partial charge on any atom is 0.164 e. The highest BCUT2D eigenvalue weighted by atomic mass is 79.9. The third-order valence-corrected chi connectivity index (χ3v) is 5.91. The van der Waals surface area contributed by atoms with Gasteiger partial charge in [0.1, 0.15) is 0 Å². The van der Waals surface area contributed by atoms with E-state index in [4.69, 9.17) is 0 Å². The highest BCUT2D eigenvalue weighted by Gasteiger charge is 2.51. The zero-order chi connectivity index (χ0) is 16.9. The molecule has 24 heavy (non-hydrogen) atoms. The molecule has 1 aromatic rings. The number of carbonyl (C=O) groups is 1. The Bertz CT molecular complexity index is 811. The first-order valence-corrected chi connectivity index (χ1v) is 9.25. The minimum Gasteiger partial charge on any atom is -0.362 e. The number of allylic oxidation sites excluding steroid dienone is 2. The predicted molar refractivity (Wildman–Crippen MR) is 96.4 cm³/mol. The number of benzene rings is 1. The molecule has 1 aromatic carbocycles. The van der Waals surface area contributed by atoms with Gasteiger partial charge in [0, 0.05) is 27.7 Å². The second kappa shape index (κ2) is 5.66. The molecule has 0 fully saturated rings. The largest absolute Gasteiger partial charge is 0.362 e. The van der Waals surface area contributed by atoms with Crippen LogP contribution in [0.2, 0.25) is 0 Å². The fourth-order valence-corrected chi connectivity index (χ4v) is 4.84. The van der Waals surface area contributed by atoms with Gasteiger partial charge in [0.2, 0.25) is 0 Å². The first-order valence-electron chi connectivity index (χ1n) is 8.46. The van der Waals surface area contributed by atoms with E-state index in [1.807, 2.05) is 18.3 Å². The van der Waals surface area contributed by atoms with Gasteiger partial charge in [-0.2, -0.15) is 10.2 Å². The molecule has 0 saturated carbocycles. The summed E-state index contributed by atoms with van der Waals surface area (Å²) in [7, 11) is 0. The van der Waals surface area contributed by atoms with Gasteiger partial charge >= 0.3 is 0 Å². The molecule has 0 spiro atoms. The van der Waals surface area contributed by atoms with E-state index in [0.29, 0.717) is 12.3 Å². The predicted octanol–water partition coefficient (Wildman–Crippen LogP) is 4.63. The molecule has 3 atom stereocenters. The van der Waals surface area contributed by atoms with E-state index in [1.54, 1.807) is 0 Å². The molecule has 1 N–H and O–H groups in total. The third kappa shape index (κ3) is 2.14. The summed E-state index contributed by atoms with van der Waals surface area (Å²) in [6.07, 6.45) is 4.02. The number of nitrogens with one attached hydrogen (secondary N) is 1. The third-order valence-electron chi connectivity index (χ3n) is 5.42. The summed E-state index contributed by atoms with van der Waals surface area (Å²) in [5.74, 6) is 0.619. The van der Waals surface area contributed by atoms with E-state index < -0.39 is 5.41 Å². The second-order valence-corrected chi connectivity index (χ2v) is 7.84. The lowest BCUT2D eigenvalue weighted by molar-refractivity contribution is -0.117. The Morgan fingerprint density at radius 3 is 2.96 bits per heavy atom. The average molecular weight is 386 g/mol. The van der Waals surface area contributed by atoms with Crippen molar-refractivity contribution in [3.63, 3.8) is 0 Å². The van der Waals surface area contributed by atoms with Gasteiger partial charge in [0.25, 0.3) is 0 Å². The van der Waals surface area contributed by atoms with Crippen molar-refractivity contribution in [2.24, 2.45) is 16.1 Å². The van der Waals surface area contributed by atoms with Gasteiger partial charge in [0.15, 0.2) is 11.9 Å². The van der Waals surface area contributed by atoms with Crippen molar-refractivity contribution in [1.82, 2.24) is 5.32 Å². The van der Waals surface area contributed by atoms with E-state index in [-0.39, 0.29) is 11.9 Å². The van der Waals surface area contributed by atoms with Crippen LogP contribution < -0.4 is 5.32 Å². The highest BCUT2D eigenvalue weighted by molar-refractivity contribution is 9.10. The molecule has 124 valence electrons. The molecule has 3 aliphatic rings. The van der Waals surface area contributed by atoms with Crippen LogP contribution in [0.3, 0.4) is 0 Å². The van der Waals surface area contributed by atoms with Gasteiger partial charge in [-0.3, -0.25) is 4.79 Å². The molecule has 1 unspecified atom stereocenters. The summed E-state index contributed by atoms with van der Waals surface area (Å²) in [6, 6.07) is 8.30. The summed E-state index contributed by atoms with van der Waals surface area (Å²) in [4.78, 5) is 13.1. The van der Waals surface area contributed by atoms with Crippen molar-refractivity contribution < 1.29 is 4.79 Å². The molecule has 0 bridgehead atoms. The van der Waals surface area contributed by atoms with Crippen molar-refractivity contribution in [1.29, 1.82) is 0 Å². The Morgan fingerprint density at radius 1 is 1.38 bits per heavy atom. The van der Waals surface area contributed by atoms with Gasteiger partial charge in [-0.25, -0.2) is 0 Å². The van der Waals surface area contributed by atoms with Crippen molar-refractivity contribution in [2.45, 2.75) is 44.7 Å². The maximum absolute atomic E-state index is 13.1. The molecular formula is C19H20BrN3O. The fraction of sp³-hybridized carbons (Fsp3) is 0.421. The van der Waals surface area contributed by atoms with E-state index in [0.717, 1.165) is 39.7 Å². The van der Waals surface area contributed by atoms with Crippen molar-refractivity contribution in [3.8, 4) is 0 Å². The number of rotatable bonds is 2. The maximum atomic E-state index is 13.1. The molecule has 1 aliphatic carbocycles. The lowest BCUT2D eigenvalue weighted by atomic mass is 9.60. The number of fused-ring (bicyclic) bond motifs is 1. The number of carbonyl (C=O) groups excluding carboxylic acids is 1. The number of azo groups is 1. The zero-order valence-electron chi connectivity index (χ0n) is 13.8. The minimum atomic E-state index is -0.435. The van der Waals surface area contributed by atoms with Gasteiger partial charge < -0.3 is 5.32 Å². The van der Waals surface area contributed by atoms with Crippen LogP contribution in [0.4, 0.5) is 0 Å². The van der Waals surface area contributed by atoms with Gasteiger partial charge in [-0.1, -0.05) is 41.9 Å². The second-order valence-electron chi connectivity index (χ2n) is 6.92. The first-order chi connectivity index (χ1) is 11.6. The summed E-state index contributed by atoms with van der Waals surface area (Å²) >= 11 is 3.58. The Hall–Kier alpha value is -1.75. The molecular weight excluding hydrogens is 366 g/mol. The van der Waals surface area contributed by atoms with Crippen LogP contribution in [-0.4, -0.2) is 11.9 Å². The molecule has 0 aromatic heterocycles. The first kappa shape index (κ1) is 15.8. The quantitative estimate of drug-likeness (QED) is 0.806. The summed E-state index contributed by atoms with van der Waals surface area (Å²) in [5.41, 5.74) is 3.78. The van der Waals surface area contributed by atoms with Crippen LogP contribution >= 0.6 is 15.9 Å². The summed E-state index contributed by atoms with van der Waals surface area (Å²) < 4.78 is 1.02. The monoisotopic (exact) mass is 385 g/mol. The molecule has 5 heteroatoms. The Balaban J connectivity index is 2.00. The van der Waals surface area contributed by atoms with Crippen LogP contribution in [0.15, 0.2) is 62.0 Å². The number of Topliss-reactive ketones (excluding diaryl/α,β-unsaturated/α-hetero) is 1. The zero-order valence-corrected chi connectivity index (χ0v) is 15.4. The summed E-state index contributed by atoms with van der Waals surface area (Å²) in [6.45, 7) is 4.29. The number of nitrogens with zero attached hydrogens (tertiary/aromatic N) is 2. The Kier molecular flexibility index (Phi) is 3.71. The average Bonchev–Trinajstić information content (AvgIpc) is 3.01. The van der Waals surface area contributed by atoms with Gasteiger partial charge in [-0.15, -0.1) is 0 Å². The van der Waals surface area contributed by atoms with Gasteiger partial charge in [-0.05, 0) is 36.5 Å². The summed E-state index contributed by atoms with van der Waals surface area (Å²) in [5, 5.41) is 12.0. The Morgan fingerprint density at radius 2 is 2.21 bits per heavy atom. The van der Waals surface area contributed by atoms with Crippen molar-refractivity contribution in [3.05, 3.63) is 57.3 Å². The number of halogens is 1. The molecule has 4 nitrogen and oxygen atoms in total. The molecule has 0 saturated heterocycles. The standard InChI is InChI=1S/C19H20BrN3O/c1-3-19(12-5-4-6-13(20)9-12)14-10-21-23-18(14)22-15-7-11(2)8-16(24)17(15)19/h4-6,9-11,18,22H,3,7-8H2,1-2H3/t11-,18?,19+/m0/s1. The lowest BCUT2D eigenvalue weighted by Gasteiger charge is -2.46.